The zero-order valence-electron chi connectivity index (χ0n) is 18.9. The van der Waals surface area contributed by atoms with Gasteiger partial charge in [0.05, 0.1) is 18.8 Å². The molecule has 0 bridgehead atoms. The fourth-order valence-electron chi connectivity index (χ4n) is 3.91. The van der Waals surface area contributed by atoms with Crippen molar-refractivity contribution in [3.8, 4) is 0 Å². The van der Waals surface area contributed by atoms with Crippen LogP contribution in [-0.4, -0.2) is 87.2 Å². The molecule has 0 atom stereocenters. The highest BCUT2D eigenvalue weighted by Crippen LogP contribution is 2.34. The number of anilines is 3. The van der Waals surface area contributed by atoms with Gasteiger partial charge in [0.15, 0.2) is 5.82 Å². The van der Waals surface area contributed by atoms with E-state index in [4.69, 9.17) is 4.74 Å². The first kappa shape index (κ1) is 24.0. The molecule has 2 aromatic rings. The molecule has 0 unspecified atom stereocenters. The zero-order valence-corrected chi connectivity index (χ0v) is 18.9. The number of cyclic esters (lactones) is 1. The number of carbonyl (C=O) groups excluding carboxylic acids is 1. The molecular weight excluding hydrogens is 455 g/mol. The van der Waals surface area contributed by atoms with E-state index in [2.05, 4.69) is 42.7 Å². The molecule has 0 saturated carbocycles. The predicted octanol–water partition coefficient (Wildman–Crippen LogP) is 2.74. The molecule has 0 spiro atoms. The van der Waals surface area contributed by atoms with Gasteiger partial charge in [-0.05, 0) is 45.8 Å². The summed E-state index contributed by atoms with van der Waals surface area (Å²) in [4.78, 5) is 24.9. The molecule has 34 heavy (non-hydrogen) atoms. The molecule has 2 N–H and O–H groups in total. The molecule has 2 aromatic heterocycles. The van der Waals surface area contributed by atoms with Crippen molar-refractivity contribution in [3.63, 3.8) is 0 Å². The number of halogens is 3. The Morgan fingerprint density at radius 3 is 2.74 bits per heavy atom. The molecule has 1 amide bonds. The normalized spacial score (nSPS) is 18.1. The Bertz CT molecular complexity index is 976. The number of rotatable bonds is 8. The first-order valence-electron chi connectivity index (χ1n) is 11.3. The van der Waals surface area contributed by atoms with Gasteiger partial charge in [-0.25, -0.2) is 9.78 Å². The smallest absolute Gasteiger partial charge is 0.421 e. The van der Waals surface area contributed by atoms with E-state index in [-0.39, 0.29) is 24.4 Å². The van der Waals surface area contributed by atoms with Crippen molar-refractivity contribution >= 4 is 23.7 Å². The first-order valence-corrected chi connectivity index (χ1v) is 11.3. The summed E-state index contributed by atoms with van der Waals surface area (Å²) in [7, 11) is 2.06. The van der Waals surface area contributed by atoms with Crippen LogP contribution in [0.15, 0.2) is 12.4 Å². The summed E-state index contributed by atoms with van der Waals surface area (Å²) in [5.41, 5.74) is -0.967. The van der Waals surface area contributed by atoms with Crippen molar-refractivity contribution < 1.29 is 22.7 Å². The van der Waals surface area contributed by atoms with Crippen LogP contribution in [0.5, 0.6) is 0 Å². The van der Waals surface area contributed by atoms with Gasteiger partial charge in [0.1, 0.15) is 11.4 Å². The lowest BCUT2D eigenvalue weighted by molar-refractivity contribution is -0.137. The van der Waals surface area contributed by atoms with E-state index in [1.807, 2.05) is 0 Å². The summed E-state index contributed by atoms with van der Waals surface area (Å²) in [5.74, 6) is -0.00675. The number of hydrogen-bond acceptors (Lipinski definition) is 9. The third kappa shape index (κ3) is 6.04. The number of piperidine rings is 1. The minimum Gasteiger partial charge on any atom is -0.449 e. The molecule has 0 aromatic carbocycles. The second kappa shape index (κ2) is 10.4. The SMILES string of the molecule is CN1CCC(n2ncc(Nc3ncc(C(F)(F)F)c(NCCCN4CCCOC4=O)n3)n2)CC1. The van der Waals surface area contributed by atoms with Crippen LogP contribution >= 0.6 is 0 Å². The molecule has 4 rings (SSSR count). The van der Waals surface area contributed by atoms with Gasteiger partial charge >= 0.3 is 12.3 Å². The number of likely N-dealkylation sites (tertiary alicyclic amines) is 1. The molecule has 4 heterocycles. The van der Waals surface area contributed by atoms with Crippen LogP contribution in [0.25, 0.3) is 0 Å². The van der Waals surface area contributed by atoms with Gasteiger partial charge in [-0.2, -0.15) is 28.1 Å². The van der Waals surface area contributed by atoms with Gasteiger partial charge in [0.25, 0.3) is 0 Å². The van der Waals surface area contributed by atoms with Gasteiger partial charge in [-0.1, -0.05) is 0 Å². The Morgan fingerprint density at radius 1 is 1.21 bits per heavy atom. The molecule has 0 radical (unpaired) electrons. The van der Waals surface area contributed by atoms with Crippen molar-refractivity contribution in [1.82, 2.24) is 34.8 Å². The van der Waals surface area contributed by atoms with E-state index in [1.165, 1.54) is 11.1 Å². The highest BCUT2D eigenvalue weighted by atomic mass is 19.4. The number of nitrogens with zero attached hydrogens (tertiary/aromatic N) is 7. The highest BCUT2D eigenvalue weighted by molar-refractivity contribution is 5.68. The number of nitrogens with one attached hydrogen (secondary N) is 2. The maximum absolute atomic E-state index is 13.5. The molecule has 2 aliphatic rings. The van der Waals surface area contributed by atoms with Crippen LogP contribution in [0, 0.1) is 0 Å². The zero-order chi connectivity index (χ0) is 24.1. The minimum atomic E-state index is -4.62. The molecule has 186 valence electrons. The average molecular weight is 483 g/mol. The van der Waals surface area contributed by atoms with Crippen LogP contribution in [0.2, 0.25) is 0 Å². The summed E-state index contributed by atoms with van der Waals surface area (Å²) < 4.78 is 45.3. The van der Waals surface area contributed by atoms with E-state index in [1.54, 1.807) is 4.80 Å². The number of aromatic nitrogens is 5. The summed E-state index contributed by atoms with van der Waals surface area (Å²) in [6.45, 7) is 3.44. The Labute approximate surface area is 194 Å². The monoisotopic (exact) mass is 483 g/mol. The fraction of sp³-hybridized carbons (Fsp3) is 0.650. The van der Waals surface area contributed by atoms with Crippen LogP contribution < -0.4 is 10.6 Å². The van der Waals surface area contributed by atoms with Gasteiger partial charge in [-0.3, -0.25) is 0 Å². The summed E-state index contributed by atoms with van der Waals surface area (Å²) in [6, 6.07) is 0.176. The fourth-order valence-corrected chi connectivity index (χ4v) is 3.91. The van der Waals surface area contributed by atoms with E-state index >= 15 is 0 Å². The van der Waals surface area contributed by atoms with Crippen molar-refractivity contribution in [1.29, 1.82) is 0 Å². The van der Waals surface area contributed by atoms with Gasteiger partial charge in [0.2, 0.25) is 5.95 Å². The molecule has 2 aliphatic heterocycles. The summed E-state index contributed by atoms with van der Waals surface area (Å²) >= 11 is 0. The van der Waals surface area contributed by atoms with E-state index in [0.29, 0.717) is 31.9 Å². The van der Waals surface area contributed by atoms with Crippen LogP contribution in [0.4, 0.5) is 35.5 Å². The summed E-state index contributed by atoms with van der Waals surface area (Å²) in [6.07, 6.45) is 0.240. The van der Waals surface area contributed by atoms with Gasteiger partial charge in [0, 0.05) is 25.8 Å². The average Bonchev–Trinajstić information content (AvgIpc) is 3.26. The number of hydrogen-bond donors (Lipinski definition) is 2. The lowest BCUT2D eigenvalue weighted by Crippen LogP contribution is -2.38. The van der Waals surface area contributed by atoms with Crippen molar-refractivity contribution in [2.24, 2.45) is 0 Å². The van der Waals surface area contributed by atoms with Crippen LogP contribution in [0.3, 0.4) is 0 Å². The third-order valence-electron chi connectivity index (χ3n) is 5.81. The Morgan fingerprint density at radius 2 is 2.00 bits per heavy atom. The van der Waals surface area contributed by atoms with Crippen molar-refractivity contribution in [2.45, 2.75) is 37.9 Å². The van der Waals surface area contributed by atoms with E-state index < -0.39 is 17.8 Å². The highest BCUT2D eigenvalue weighted by Gasteiger charge is 2.35. The quantitative estimate of drug-likeness (QED) is 0.547. The largest absolute Gasteiger partial charge is 0.449 e. The number of alkyl halides is 3. The van der Waals surface area contributed by atoms with Crippen molar-refractivity contribution in [2.75, 3.05) is 57.0 Å². The first-order chi connectivity index (χ1) is 16.3. The second-order valence-electron chi connectivity index (χ2n) is 8.40. The molecule has 11 nitrogen and oxygen atoms in total. The maximum atomic E-state index is 13.5. The third-order valence-corrected chi connectivity index (χ3v) is 5.81. The Hall–Kier alpha value is -3.16. The van der Waals surface area contributed by atoms with Gasteiger partial charge < -0.3 is 25.2 Å². The maximum Gasteiger partial charge on any atom is 0.421 e. The van der Waals surface area contributed by atoms with Crippen molar-refractivity contribution in [3.05, 3.63) is 18.0 Å². The molecule has 2 fully saturated rings. The van der Waals surface area contributed by atoms with Crippen LogP contribution in [0.1, 0.15) is 37.3 Å². The molecule has 0 aliphatic carbocycles. The van der Waals surface area contributed by atoms with Gasteiger partial charge in [-0.15, -0.1) is 5.10 Å². The Balaban J connectivity index is 1.38. The lowest BCUT2D eigenvalue weighted by Gasteiger charge is -2.27. The lowest BCUT2D eigenvalue weighted by atomic mass is 10.1. The number of carbonyl (C=O) groups is 1. The predicted molar refractivity (Wildman–Crippen MR) is 117 cm³/mol. The van der Waals surface area contributed by atoms with E-state index in [9.17, 15) is 18.0 Å². The molecule has 2 saturated heterocycles. The second-order valence-corrected chi connectivity index (χ2v) is 8.40. The van der Waals surface area contributed by atoms with Crippen LogP contribution in [-0.2, 0) is 10.9 Å². The minimum absolute atomic E-state index is 0.0227. The molecule has 14 heteroatoms. The van der Waals surface area contributed by atoms with E-state index in [0.717, 1.165) is 38.5 Å². The Kier molecular flexibility index (Phi) is 7.34. The standard InChI is InChI=1S/C20H28F3N9O2/c1-30-9-4-14(5-10-30)32-26-13-16(29-32)27-18-25-12-15(20(21,22)23)17(28-18)24-6-2-7-31-8-3-11-34-19(31)33/h12-14H,2-11H2,1H3,(H2,24,25,27,28,29). The summed E-state index contributed by atoms with van der Waals surface area (Å²) in [5, 5.41) is 14.2. The number of ether oxygens (including phenoxy) is 1. The topological polar surface area (TPSA) is 113 Å². The number of amides is 1. The molecular formula is C20H28F3N9O2.